The number of hydrogen-bond acceptors (Lipinski definition) is 4. The van der Waals surface area contributed by atoms with Gasteiger partial charge < -0.3 is 10.0 Å². The molecule has 6 nitrogen and oxygen atoms in total. The fourth-order valence-electron chi connectivity index (χ4n) is 5.19. The van der Waals surface area contributed by atoms with Crippen molar-refractivity contribution in [2.45, 2.75) is 38.1 Å². The summed E-state index contributed by atoms with van der Waals surface area (Å²) in [6, 6.07) is 8.78. The maximum atomic E-state index is 14.1. The van der Waals surface area contributed by atoms with Crippen molar-refractivity contribution < 1.29 is 18.7 Å². The van der Waals surface area contributed by atoms with E-state index < -0.39 is 23.1 Å². The van der Waals surface area contributed by atoms with Crippen LogP contribution in [0, 0.1) is 11.6 Å². The molecule has 2 heterocycles. The maximum absolute atomic E-state index is 14.1. The van der Waals surface area contributed by atoms with Gasteiger partial charge >= 0.3 is 0 Å². The van der Waals surface area contributed by atoms with Crippen LogP contribution in [0.15, 0.2) is 47.4 Å². The molecule has 170 valence electrons. The number of halogens is 2. The fraction of sp³-hybridized carbons (Fsp3) is 0.320. The highest BCUT2D eigenvalue weighted by molar-refractivity contribution is 5.95. The van der Waals surface area contributed by atoms with Crippen LogP contribution in [0.2, 0.25) is 0 Å². The summed E-state index contributed by atoms with van der Waals surface area (Å²) < 4.78 is 29.7. The number of amides is 1. The van der Waals surface area contributed by atoms with E-state index >= 15 is 0 Å². The second-order valence-corrected chi connectivity index (χ2v) is 8.63. The lowest BCUT2D eigenvalue weighted by molar-refractivity contribution is 0.0634. The summed E-state index contributed by atoms with van der Waals surface area (Å²) in [7, 11) is 0. The Kier molecular flexibility index (Phi) is 5.23. The number of carbonyl (C=O) groups is 1. The average molecular weight is 451 g/mol. The number of aromatic nitrogens is 2. The zero-order valence-corrected chi connectivity index (χ0v) is 18.1. The molecule has 2 aliphatic rings. The van der Waals surface area contributed by atoms with Gasteiger partial charge in [-0.2, -0.15) is 5.10 Å². The SMILES string of the molecule is CCCN1C[C@H](C2c3ccc(F)cc3CCc3cc(F)ccc32)n2ncc(=O)c(O)c2C1=O. The summed E-state index contributed by atoms with van der Waals surface area (Å²) in [5.74, 6) is -2.18. The number of aromatic hydroxyl groups is 1. The molecule has 1 aliphatic heterocycles. The minimum atomic E-state index is -0.725. The van der Waals surface area contributed by atoms with Crippen molar-refractivity contribution in [1.29, 1.82) is 0 Å². The van der Waals surface area contributed by atoms with E-state index in [1.807, 2.05) is 6.92 Å². The first-order chi connectivity index (χ1) is 15.9. The second-order valence-electron chi connectivity index (χ2n) is 8.63. The number of rotatable bonds is 3. The topological polar surface area (TPSA) is 75.4 Å². The van der Waals surface area contributed by atoms with E-state index in [-0.39, 0.29) is 29.8 Å². The molecule has 1 aliphatic carbocycles. The molecule has 0 saturated carbocycles. The fourth-order valence-corrected chi connectivity index (χ4v) is 5.19. The molecule has 5 rings (SSSR count). The Morgan fingerprint density at radius 2 is 1.64 bits per heavy atom. The van der Waals surface area contributed by atoms with Gasteiger partial charge in [-0.1, -0.05) is 19.1 Å². The molecule has 0 bridgehead atoms. The van der Waals surface area contributed by atoms with Gasteiger partial charge in [0.1, 0.15) is 11.6 Å². The van der Waals surface area contributed by atoms with E-state index in [4.69, 9.17) is 0 Å². The number of carbonyl (C=O) groups excluding carboxylic acids is 1. The Labute approximate surface area is 189 Å². The highest BCUT2D eigenvalue weighted by atomic mass is 19.1. The first-order valence-electron chi connectivity index (χ1n) is 11.1. The molecule has 1 atom stereocenters. The highest BCUT2D eigenvalue weighted by Gasteiger charge is 2.41. The maximum Gasteiger partial charge on any atom is 0.276 e. The van der Waals surface area contributed by atoms with Crippen LogP contribution in [-0.2, 0) is 12.8 Å². The van der Waals surface area contributed by atoms with Gasteiger partial charge in [-0.25, -0.2) is 8.78 Å². The van der Waals surface area contributed by atoms with Crippen LogP contribution >= 0.6 is 0 Å². The minimum absolute atomic E-state index is 0.149. The Balaban J connectivity index is 1.78. The lowest BCUT2D eigenvalue weighted by atomic mass is 9.81. The zero-order valence-electron chi connectivity index (χ0n) is 18.1. The first kappa shape index (κ1) is 21.3. The van der Waals surface area contributed by atoms with Crippen LogP contribution < -0.4 is 5.43 Å². The third kappa shape index (κ3) is 3.50. The van der Waals surface area contributed by atoms with Gasteiger partial charge in [0.15, 0.2) is 11.4 Å². The van der Waals surface area contributed by atoms with Crippen molar-refractivity contribution in [2.75, 3.05) is 13.1 Å². The van der Waals surface area contributed by atoms with Crippen molar-refractivity contribution in [3.63, 3.8) is 0 Å². The molecular formula is C25H23F2N3O3. The molecule has 1 amide bonds. The number of hydrogen-bond donors (Lipinski definition) is 1. The standard InChI is InChI=1S/C25H23F2N3O3/c1-2-9-29-13-20(30-23(25(29)33)24(32)21(31)12-28-30)22-18-7-5-16(26)10-14(18)3-4-15-11-17(27)6-8-19(15)22/h5-8,10-12,20,22,32H,2-4,9,13H2,1H3/t20-/m1/s1. The van der Waals surface area contributed by atoms with Gasteiger partial charge in [0.2, 0.25) is 5.43 Å². The molecule has 0 fully saturated rings. The molecular weight excluding hydrogens is 428 g/mol. The van der Waals surface area contributed by atoms with Crippen LogP contribution in [0.1, 0.15) is 58.0 Å². The van der Waals surface area contributed by atoms with Crippen LogP contribution in [0.5, 0.6) is 5.75 Å². The van der Waals surface area contributed by atoms with Gasteiger partial charge in [-0.3, -0.25) is 14.3 Å². The van der Waals surface area contributed by atoms with Gasteiger partial charge in [0.05, 0.1) is 12.2 Å². The summed E-state index contributed by atoms with van der Waals surface area (Å²) in [4.78, 5) is 26.9. The van der Waals surface area contributed by atoms with Crippen molar-refractivity contribution >= 4 is 5.91 Å². The third-order valence-corrected chi connectivity index (χ3v) is 6.62. The summed E-state index contributed by atoms with van der Waals surface area (Å²) in [6.45, 7) is 2.67. The minimum Gasteiger partial charge on any atom is -0.502 e. The first-order valence-corrected chi connectivity index (χ1v) is 11.1. The van der Waals surface area contributed by atoms with Crippen LogP contribution in [0.3, 0.4) is 0 Å². The Bertz CT molecular complexity index is 1270. The van der Waals surface area contributed by atoms with Crippen molar-refractivity contribution in [1.82, 2.24) is 14.7 Å². The van der Waals surface area contributed by atoms with Crippen LogP contribution in [-0.4, -0.2) is 38.8 Å². The molecule has 1 aromatic heterocycles. The van der Waals surface area contributed by atoms with E-state index in [1.54, 1.807) is 17.0 Å². The van der Waals surface area contributed by atoms with Gasteiger partial charge in [-0.15, -0.1) is 0 Å². The lowest BCUT2D eigenvalue weighted by Gasteiger charge is -2.39. The number of benzene rings is 2. The summed E-state index contributed by atoms with van der Waals surface area (Å²) >= 11 is 0. The third-order valence-electron chi connectivity index (χ3n) is 6.62. The second kappa shape index (κ2) is 8.10. The highest BCUT2D eigenvalue weighted by Crippen LogP contribution is 2.44. The van der Waals surface area contributed by atoms with E-state index in [0.29, 0.717) is 25.8 Å². The smallest absolute Gasteiger partial charge is 0.276 e. The van der Waals surface area contributed by atoms with Crippen molar-refractivity contribution in [3.05, 3.63) is 92.4 Å². The van der Waals surface area contributed by atoms with Crippen molar-refractivity contribution in [3.8, 4) is 5.75 Å². The van der Waals surface area contributed by atoms with E-state index in [2.05, 4.69) is 5.10 Å². The molecule has 0 saturated heterocycles. The Morgan fingerprint density at radius 3 is 2.21 bits per heavy atom. The normalized spacial score (nSPS) is 17.8. The number of fused-ring (bicyclic) bond motifs is 3. The van der Waals surface area contributed by atoms with Gasteiger partial charge in [0.25, 0.3) is 5.91 Å². The molecule has 0 unspecified atom stereocenters. The molecule has 2 aromatic carbocycles. The quantitative estimate of drug-likeness (QED) is 0.661. The van der Waals surface area contributed by atoms with Crippen LogP contribution in [0.4, 0.5) is 8.78 Å². The van der Waals surface area contributed by atoms with E-state index in [1.165, 1.54) is 28.9 Å². The van der Waals surface area contributed by atoms with Gasteiger partial charge in [-0.05, 0) is 65.8 Å². The molecule has 3 aromatic rings. The van der Waals surface area contributed by atoms with Gasteiger partial charge in [0, 0.05) is 19.0 Å². The molecule has 8 heteroatoms. The molecule has 0 spiro atoms. The van der Waals surface area contributed by atoms with E-state index in [0.717, 1.165) is 28.5 Å². The molecule has 0 radical (unpaired) electrons. The summed E-state index contributed by atoms with van der Waals surface area (Å²) in [6.07, 6.45) is 2.78. The van der Waals surface area contributed by atoms with E-state index in [9.17, 15) is 23.5 Å². The Morgan fingerprint density at radius 1 is 1.03 bits per heavy atom. The number of nitrogens with zero attached hydrogens (tertiary/aromatic N) is 3. The molecule has 33 heavy (non-hydrogen) atoms. The predicted molar refractivity (Wildman–Crippen MR) is 117 cm³/mol. The predicted octanol–water partition coefficient (Wildman–Crippen LogP) is 3.56. The van der Waals surface area contributed by atoms with Crippen LogP contribution in [0.25, 0.3) is 0 Å². The largest absolute Gasteiger partial charge is 0.502 e. The summed E-state index contributed by atoms with van der Waals surface area (Å²) in [5.41, 5.74) is 2.47. The zero-order chi connectivity index (χ0) is 23.3. The average Bonchev–Trinajstić information content (AvgIpc) is 2.94. The van der Waals surface area contributed by atoms with Crippen molar-refractivity contribution in [2.24, 2.45) is 0 Å². The summed E-state index contributed by atoms with van der Waals surface area (Å²) in [5, 5.41) is 14.8. The molecule has 1 N–H and O–H groups in total. The number of aryl methyl sites for hydroxylation is 2. The lowest BCUT2D eigenvalue weighted by Crippen LogP contribution is -2.47. The monoisotopic (exact) mass is 451 g/mol. The Hall–Kier alpha value is -3.55.